The summed E-state index contributed by atoms with van der Waals surface area (Å²) in [6.45, 7) is 4.21. The zero-order chi connectivity index (χ0) is 45.0. The molecule has 1 aliphatic rings. The maximum atomic E-state index is 12.8. The Balaban J connectivity index is 2.26. The standard InChI is InChI=1S/C53H90O9/c1-3-5-7-9-11-13-15-17-19-21-22-23-24-25-26-27-28-30-32-34-36-38-40-42-49(55)61-47(46-60-53-52(58)51(57)50(56)48(44-54)62-53)45-59-43-41-39-37-35-33-31-29-20-18-16-14-12-10-8-6-4-2/h6,8,12,14-15,17-18,20-22,31,33,37,39,47-48,50-54,56-58H,3-5,7,9-11,13,16,19,23-30,32,34-36,38,40-46H2,1-2H3/b8-6-,14-12-,17-15-,20-18-,22-21-,33-31-,39-37-. The molecule has 1 saturated heterocycles. The predicted octanol–water partition coefficient (Wildman–Crippen LogP) is 11.8. The number of carbonyl (C=O) groups excluding carboxylic acids is 1. The number of unbranched alkanes of at least 4 members (excludes halogenated alkanes) is 16. The molecular formula is C53H90O9. The lowest BCUT2D eigenvalue weighted by Gasteiger charge is -2.39. The highest BCUT2D eigenvalue weighted by Crippen LogP contribution is 2.22. The Morgan fingerprint density at radius 3 is 1.48 bits per heavy atom. The lowest BCUT2D eigenvalue weighted by atomic mass is 9.99. The Hall–Kier alpha value is -2.63. The molecule has 0 radical (unpaired) electrons. The summed E-state index contributed by atoms with van der Waals surface area (Å²) in [5.74, 6) is -0.343. The van der Waals surface area contributed by atoms with E-state index in [-0.39, 0.29) is 19.2 Å². The summed E-state index contributed by atoms with van der Waals surface area (Å²) in [6.07, 6.45) is 52.1. The zero-order valence-corrected chi connectivity index (χ0v) is 39.1. The SMILES string of the molecule is CC/C=C\C/C=C\C/C=C\C/C=C\C/C=C\CCOCC(COC1OC(CO)C(O)C(O)C1O)OC(=O)CCCCCCCCCCCCC/C=C\C/C=C\CCCCCCC. The van der Waals surface area contributed by atoms with Crippen LogP contribution >= 0.6 is 0 Å². The highest BCUT2D eigenvalue weighted by Gasteiger charge is 2.44. The number of carbonyl (C=O) groups is 1. The van der Waals surface area contributed by atoms with E-state index >= 15 is 0 Å². The molecule has 1 fully saturated rings. The monoisotopic (exact) mass is 871 g/mol. The molecule has 1 rings (SSSR count). The maximum Gasteiger partial charge on any atom is 0.306 e. The Morgan fingerprint density at radius 2 is 0.984 bits per heavy atom. The number of aliphatic hydroxyl groups is 4. The van der Waals surface area contributed by atoms with Gasteiger partial charge in [0.15, 0.2) is 6.29 Å². The number of rotatable bonds is 41. The van der Waals surface area contributed by atoms with Gasteiger partial charge in [-0.05, 0) is 77.0 Å². The molecule has 1 heterocycles. The van der Waals surface area contributed by atoms with E-state index in [0.717, 1.165) is 57.8 Å². The van der Waals surface area contributed by atoms with Gasteiger partial charge < -0.3 is 39.4 Å². The molecule has 0 aromatic rings. The van der Waals surface area contributed by atoms with Crippen molar-refractivity contribution in [1.29, 1.82) is 0 Å². The second kappa shape index (κ2) is 43.6. The number of aliphatic hydroxyl groups excluding tert-OH is 4. The van der Waals surface area contributed by atoms with Gasteiger partial charge in [-0.1, -0.05) is 182 Å². The third kappa shape index (κ3) is 33.9. The molecule has 6 atom stereocenters. The van der Waals surface area contributed by atoms with Crippen molar-refractivity contribution in [3.05, 3.63) is 85.1 Å². The minimum atomic E-state index is -1.55. The average Bonchev–Trinajstić information content (AvgIpc) is 3.27. The van der Waals surface area contributed by atoms with E-state index in [9.17, 15) is 25.2 Å². The van der Waals surface area contributed by atoms with Crippen molar-refractivity contribution in [1.82, 2.24) is 0 Å². The van der Waals surface area contributed by atoms with E-state index in [4.69, 9.17) is 18.9 Å². The Bertz CT molecular complexity index is 1220. The Morgan fingerprint density at radius 1 is 0.532 bits per heavy atom. The number of esters is 1. The van der Waals surface area contributed by atoms with Gasteiger partial charge in [0.25, 0.3) is 0 Å². The minimum Gasteiger partial charge on any atom is -0.457 e. The van der Waals surface area contributed by atoms with Gasteiger partial charge in [-0.15, -0.1) is 0 Å². The third-order valence-corrected chi connectivity index (χ3v) is 10.8. The van der Waals surface area contributed by atoms with Gasteiger partial charge in [0, 0.05) is 6.42 Å². The van der Waals surface area contributed by atoms with Crippen molar-refractivity contribution in [3.8, 4) is 0 Å². The summed E-state index contributed by atoms with van der Waals surface area (Å²) in [6, 6.07) is 0. The number of hydrogen-bond donors (Lipinski definition) is 4. The van der Waals surface area contributed by atoms with Crippen molar-refractivity contribution >= 4 is 5.97 Å². The Labute approximate surface area is 378 Å². The molecule has 4 N–H and O–H groups in total. The molecule has 0 aromatic heterocycles. The van der Waals surface area contributed by atoms with Gasteiger partial charge in [0.05, 0.1) is 26.4 Å². The van der Waals surface area contributed by atoms with Crippen LogP contribution in [0.5, 0.6) is 0 Å². The van der Waals surface area contributed by atoms with Crippen molar-refractivity contribution in [2.45, 2.75) is 218 Å². The van der Waals surface area contributed by atoms with E-state index in [1.54, 1.807) is 0 Å². The van der Waals surface area contributed by atoms with Gasteiger partial charge in [0.2, 0.25) is 0 Å². The first-order valence-corrected chi connectivity index (χ1v) is 24.7. The largest absolute Gasteiger partial charge is 0.457 e. The van der Waals surface area contributed by atoms with Crippen LogP contribution < -0.4 is 0 Å². The highest BCUT2D eigenvalue weighted by molar-refractivity contribution is 5.69. The van der Waals surface area contributed by atoms with Crippen LogP contribution in [0.15, 0.2) is 85.1 Å². The molecule has 0 amide bonds. The first-order chi connectivity index (χ1) is 30.4. The van der Waals surface area contributed by atoms with E-state index < -0.39 is 43.4 Å². The first kappa shape index (κ1) is 57.4. The van der Waals surface area contributed by atoms with Crippen LogP contribution in [0.25, 0.3) is 0 Å². The molecule has 0 aromatic carbocycles. The van der Waals surface area contributed by atoms with E-state index in [2.05, 4.69) is 98.9 Å². The molecule has 0 aliphatic carbocycles. The molecule has 6 unspecified atom stereocenters. The van der Waals surface area contributed by atoms with Gasteiger partial charge in [-0.3, -0.25) is 4.79 Å². The van der Waals surface area contributed by atoms with Gasteiger partial charge in [-0.25, -0.2) is 0 Å². The van der Waals surface area contributed by atoms with E-state index in [0.29, 0.717) is 19.4 Å². The van der Waals surface area contributed by atoms with Crippen molar-refractivity contribution in [3.63, 3.8) is 0 Å². The van der Waals surface area contributed by atoms with Gasteiger partial charge >= 0.3 is 5.97 Å². The Kier molecular flexibility index (Phi) is 40.4. The first-order valence-electron chi connectivity index (χ1n) is 24.7. The summed E-state index contributed by atoms with van der Waals surface area (Å²) in [7, 11) is 0. The summed E-state index contributed by atoms with van der Waals surface area (Å²) in [5.41, 5.74) is 0. The smallest absolute Gasteiger partial charge is 0.306 e. The van der Waals surface area contributed by atoms with Crippen LogP contribution in [-0.2, 0) is 23.7 Å². The summed E-state index contributed by atoms with van der Waals surface area (Å²) < 4.78 is 22.7. The molecule has 9 heteroatoms. The van der Waals surface area contributed by atoms with Crippen LogP contribution in [-0.4, -0.2) is 89.6 Å². The maximum absolute atomic E-state index is 12.8. The summed E-state index contributed by atoms with van der Waals surface area (Å²) in [5, 5.41) is 40.2. The molecule has 62 heavy (non-hydrogen) atoms. The fraction of sp³-hybridized carbons (Fsp3) is 0.717. The minimum absolute atomic E-state index is 0.0855. The lowest BCUT2D eigenvalue weighted by Crippen LogP contribution is -2.59. The fourth-order valence-electron chi connectivity index (χ4n) is 7.00. The third-order valence-electron chi connectivity index (χ3n) is 10.8. The second-order valence-electron chi connectivity index (χ2n) is 16.5. The normalized spacial score (nSPS) is 20.5. The van der Waals surface area contributed by atoms with Crippen molar-refractivity contribution in [2.24, 2.45) is 0 Å². The molecule has 0 spiro atoms. The zero-order valence-electron chi connectivity index (χ0n) is 39.1. The average molecular weight is 871 g/mol. The molecule has 0 saturated carbocycles. The molecule has 1 aliphatic heterocycles. The quantitative estimate of drug-likeness (QED) is 0.0269. The molecule has 356 valence electrons. The van der Waals surface area contributed by atoms with E-state index in [1.165, 1.54) is 96.3 Å². The van der Waals surface area contributed by atoms with Crippen LogP contribution in [0.1, 0.15) is 181 Å². The number of hydrogen-bond acceptors (Lipinski definition) is 9. The van der Waals surface area contributed by atoms with Crippen LogP contribution in [0.2, 0.25) is 0 Å². The van der Waals surface area contributed by atoms with Crippen LogP contribution in [0.3, 0.4) is 0 Å². The number of allylic oxidation sites excluding steroid dienone is 13. The molecule has 9 nitrogen and oxygen atoms in total. The van der Waals surface area contributed by atoms with Gasteiger partial charge in [-0.2, -0.15) is 0 Å². The summed E-state index contributed by atoms with van der Waals surface area (Å²) in [4.78, 5) is 12.8. The highest BCUT2D eigenvalue weighted by atomic mass is 16.7. The van der Waals surface area contributed by atoms with Crippen molar-refractivity contribution < 1.29 is 44.2 Å². The topological polar surface area (TPSA) is 135 Å². The summed E-state index contributed by atoms with van der Waals surface area (Å²) >= 11 is 0. The fourth-order valence-corrected chi connectivity index (χ4v) is 7.00. The molecule has 0 bridgehead atoms. The predicted molar refractivity (Wildman–Crippen MR) is 256 cm³/mol. The van der Waals surface area contributed by atoms with Crippen LogP contribution in [0.4, 0.5) is 0 Å². The van der Waals surface area contributed by atoms with Crippen LogP contribution in [0, 0.1) is 0 Å². The van der Waals surface area contributed by atoms with Gasteiger partial charge in [0.1, 0.15) is 30.5 Å². The molecular weight excluding hydrogens is 781 g/mol. The van der Waals surface area contributed by atoms with Crippen molar-refractivity contribution in [2.75, 3.05) is 26.4 Å². The second-order valence-corrected chi connectivity index (χ2v) is 16.5. The lowest BCUT2D eigenvalue weighted by molar-refractivity contribution is -0.305. The van der Waals surface area contributed by atoms with E-state index in [1.807, 2.05) is 0 Å². The number of ether oxygens (including phenoxy) is 4.